The van der Waals surface area contributed by atoms with Crippen molar-refractivity contribution in [1.29, 1.82) is 0 Å². The average molecular weight is 534 g/mol. The molecule has 0 spiro atoms. The van der Waals surface area contributed by atoms with E-state index < -0.39 is 9.84 Å². The number of sulfone groups is 1. The van der Waals surface area contributed by atoms with Crippen LogP contribution < -0.4 is 10.2 Å². The third-order valence-corrected chi connectivity index (χ3v) is 8.18. The minimum atomic E-state index is -3.93. The molecule has 2 saturated heterocycles. The van der Waals surface area contributed by atoms with Crippen LogP contribution >= 0.6 is 0 Å². The zero-order valence-corrected chi connectivity index (χ0v) is 22.1. The molecule has 0 unspecified atom stereocenters. The molecule has 1 aliphatic carbocycles. The van der Waals surface area contributed by atoms with Crippen LogP contribution in [0.5, 0.6) is 0 Å². The van der Waals surface area contributed by atoms with Crippen LogP contribution in [-0.4, -0.2) is 81.9 Å². The van der Waals surface area contributed by atoms with Gasteiger partial charge in [-0.25, -0.2) is 17.8 Å². The Bertz CT molecular complexity index is 1130. The van der Waals surface area contributed by atoms with E-state index >= 15 is 0 Å². The quantitative estimate of drug-likeness (QED) is 0.477. The van der Waals surface area contributed by atoms with Gasteiger partial charge in [-0.15, -0.1) is 0 Å². The predicted octanol–water partition coefficient (Wildman–Crippen LogP) is 3.66. The molecule has 1 N–H and O–H groups in total. The molecule has 0 aromatic carbocycles. The van der Waals surface area contributed by atoms with E-state index in [0.29, 0.717) is 82.0 Å². The number of nitrogens with zero attached hydrogens (tertiary/aromatic N) is 4. The molecule has 202 valence electrons. The lowest BCUT2D eigenvalue weighted by Gasteiger charge is -2.31. The first-order valence-electron chi connectivity index (χ1n) is 12.9. The first-order valence-corrected chi connectivity index (χ1v) is 14.4. The summed E-state index contributed by atoms with van der Waals surface area (Å²) in [6.45, 7) is 6.54. The van der Waals surface area contributed by atoms with Crippen molar-refractivity contribution in [2.24, 2.45) is 0 Å². The molecule has 1 aromatic rings. The second-order valence-electron chi connectivity index (χ2n) is 9.17. The van der Waals surface area contributed by atoms with Gasteiger partial charge in [0.05, 0.1) is 43.4 Å². The van der Waals surface area contributed by atoms with Crippen LogP contribution in [0.3, 0.4) is 0 Å². The summed E-state index contributed by atoms with van der Waals surface area (Å²) in [5.41, 5.74) is 1.11. The lowest BCUT2D eigenvalue weighted by atomic mass is 10.2. The first-order chi connectivity index (χ1) is 18.0. The molecule has 11 heteroatoms. The third-order valence-electron chi connectivity index (χ3n) is 6.73. The number of nitrogens with one attached hydrogen (secondary N) is 1. The third kappa shape index (κ3) is 7.18. The fourth-order valence-corrected chi connectivity index (χ4v) is 6.05. The maximum absolute atomic E-state index is 13.5. The highest BCUT2D eigenvalue weighted by Crippen LogP contribution is 2.28. The Morgan fingerprint density at radius 3 is 2.43 bits per heavy atom. The van der Waals surface area contributed by atoms with E-state index in [-0.39, 0.29) is 10.9 Å². The van der Waals surface area contributed by atoms with E-state index in [1.54, 1.807) is 19.2 Å². The molecular weight excluding hydrogens is 497 g/mol. The van der Waals surface area contributed by atoms with E-state index in [9.17, 15) is 12.8 Å². The molecule has 0 atom stereocenters. The maximum Gasteiger partial charge on any atom is 0.227 e. The number of ether oxygens (including phenoxy) is 2. The number of hydrogen-bond donors (Lipinski definition) is 1. The van der Waals surface area contributed by atoms with Gasteiger partial charge >= 0.3 is 0 Å². The Morgan fingerprint density at radius 2 is 1.78 bits per heavy atom. The van der Waals surface area contributed by atoms with Crippen molar-refractivity contribution in [1.82, 2.24) is 14.9 Å². The molecule has 2 aliphatic heterocycles. The van der Waals surface area contributed by atoms with Crippen molar-refractivity contribution < 1.29 is 22.3 Å². The van der Waals surface area contributed by atoms with E-state index in [4.69, 9.17) is 14.5 Å². The SMILES string of the molecule is C\C=C(/C(=C\C=C\F)S(=O)(=O)/C=C/c1cnc(N2CCOCC2)nc1NC1CCCC1)N1CCOCC1. The minimum absolute atomic E-state index is 0.0261. The van der Waals surface area contributed by atoms with Crippen molar-refractivity contribution in [3.8, 4) is 0 Å². The van der Waals surface area contributed by atoms with Crippen molar-refractivity contribution in [2.75, 3.05) is 62.8 Å². The topological polar surface area (TPSA) is 96.9 Å². The van der Waals surface area contributed by atoms with Gasteiger partial charge in [0.1, 0.15) is 5.82 Å². The summed E-state index contributed by atoms with van der Waals surface area (Å²) >= 11 is 0. The standard InChI is InChI=1S/C26H36FN5O4S/c1-2-23(31-11-15-35-16-12-31)24(8-5-10-27)37(33,34)19-9-21-20-28-26(32-13-17-36-18-14-32)30-25(21)29-22-6-3-4-7-22/h2,5,8-10,19-20,22H,3-4,6-7,11-18H2,1H3,(H,28,29,30)/b10-5+,19-9+,23-2+,24-8+. The first kappa shape index (κ1) is 27.3. The van der Waals surface area contributed by atoms with Gasteiger partial charge in [-0.3, -0.25) is 0 Å². The summed E-state index contributed by atoms with van der Waals surface area (Å²) in [4.78, 5) is 13.3. The summed E-state index contributed by atoms with van der Waals surface area (Å²) < 4.78 is 50.8. The number of hydrogen-bond acceptors (Lipinski definition) is 9. The van der Waals surface area contributed by atoms with Gasteiger partial charge in [0.2, 0.25) is 15.8 Å². The summed E-state index contributed by atoms with van der Waals surface area (Å²) in [5.74, 6) is 1.21. The Kier molecular flexibility index (Phi) is 9.70. The summed E-state index contributed by atoms with van der Waals surface area (Å²) in [5, 5.41) is 4.66. The van der Waals surface area contributed by atoms with Crippen molar-refractivity contribution in [3.05, 3.63) is 52.3 Å². The Labute approximate surface area is 218 Å². The van der Waals surface area contributed by atoms with Gasteiger partial charge in [-0.05, 0) is 38.0 Å². The molecule has 0 amide bonds. The molecule has 0 radical (unpaired) electrons. The van der Waals surface area contributed by atoms with Crippen LogP contribution in [0.15, 0.2) is 46.8 Å². The summed E-state index contributed by atoms with van der Waals surface area (Å²) in [6, 6.07) is 0.289. The van der Waals surface area contributed by atoms with E-state index in [1.165, 1.54) is 12.2 Å². The number of anilines is 2. The molecule has 0 bridgehead atoms. The normalized spacial score (nSPS) is 20.9. The predicted molar refractivity (Wildman–Crippen MR) is 143 cm³/mol. The largest absolute Gasteiger partial charge is 0.378 e. The highest BCUT2D eigenvalue weighted by molar-refractivity contribution is 7.98. The molecule has 3 fully saturated rings. The number of rotatable bonds is 9. The number of allylic oxidation sites excluding steroid dienone is 3. The molecular formula is C26H36FN5O4S. The second kappa shape index (κ2) is 13.2. The van der Waals surface area contributed by atoms with Crippen LogP contribution in [0.4, 0.5) is 16.2 Å². The lowest BCUT2D eigenvalue weighted by molar-refractivity contribution is 0.0550. The second-order valence-corrected chi connectivity index (χ2v) is 11.0. The van der Waals surface area contributed by atoms with Crippen LogP contribution in [-0.2, 0) is 19.3 Å². The molecule has 1 saturated carbocycles. The minimum Gasteiger partial charge on any atom is -0.378 e. The molecule has 1 aromatic heterocycles. The zero-order valence-electron chi connectivity index (χ0n) is 21.3. The monoisotopic (exact) mass is 533 g/mol. The van der Waals surface area contributed by atoms with Gasteiger partial charge in [0.25, 0.3) is 0 Å². The molecule has 9 nitrogen and oxygen atoms in total. The number of halogens is 1. The van der Waals surface area contributed by atoms with E-state index in [2.05, 4.69) is 15.2 Å². The number of aromatic nitrogens is 2. The van der Waals surface area contributed by atoms with Gasteiger partial charge in [-0.2, -0.15) is 4.98 Å². The van der Waals surface area contributed by atoms with Crippen LogP contribution in [0.1, 0.15) is 38.2 Å². The van der Waals surface area contributed by atoms with Gasteiger partial charge < -0.3 is 24.6 Å². The molecule has 4 rings (SSSR count). The zero-order chi connectivity index (χ0) is 26.1. The molecule has 37 heavy (non-hydrogen) atoms. The Morgan fingerprint density at radius 1 is 1.11 bits per heavy atom. The van der Waals surface area contributed by atoms with E-state index in [1.807, 2.05) is 4.90 Å². The van der Waals surface area contributed by atoms with Crippen LogP contribution in [0, 0.1) is 0 Å². The average Bonchev–Trinajstić information content (AvgIpc) is 3.44. The van der Waals surface area contributed by atoms with Crippen LogP contribution in [0.25, 0.3) is 6.08 Å². The maximum atomic E-state index is 13.5. The van der Waals surface area contributed by atoms with Crippen molar-refractivity contribution >= 4 is 27.7 Å². The van der Waals surface area contributed by atoms with Crippen LogP contribution in [0.2, 0.25) is 0 Å². The highest BCUT2D eigenvalue weighted by atomic mass is 32.2. The van der Waals surface area contributed by atoms with E-state index in [0.717, 1.165) is 37.2 Å². The van der Waals surface area contributed by atoms with Crippen molar-refractivity contribution in [2.45, 2.75) is 38.6 Å². The summed E-state index contributed by atoms with van der Waals surface area (Å²) in [7, 11) is -3.93. The lowest BCUT2D eigenvalue weighted by Crippen LogP contribution is -2.37. The smallest absolute Gasteiger partial charge is 0.227 e. The Hall–Kier alpha value is -2.76. The highest BCUT2D eigenvalue weighted by Gasteiger charge is 2.25. The van der Waals surface area contributed by atoms with Crippen molar-refractivity contribution in [3.63, 3.8) is 0 Å². The molecule has 3 heterocycles. The number of morpholine rings is 2. The molecule has 3 aliphatic rings. The van der Waals surface area contributed by atoms with Gasteiger partial charge in [-0.1, -0.05) is 18.9 Å². The Balaban J connectivity index is 1.64. The van der Waals surface area contributed by atoms with Gasteiger partial charge in [0, 0.05) is 49.4 Å². The fraction of sp³-hybridized carbons (Fsp3) is 0.538. The fourth-order valence-electron chi connectivity index (χ4n) is 4.77. The van der Waals surface area contributed by atoms with Gasteiger partial charge in [0.15, 0.2) is 0 Å². The summed E-state index contributed by atoms with van der Waals surface area (Å²) in [6.07, 6.45) is 12.0.